The molecule has 5 nitrogen and oxygen atoms in total. The number of rotatable bonds is 9. The molecular formula is C15H30IN5S. The average molecular weight is 439 g/mol. The van der Waals surface area contributed by atoms with Gasteiger partial charge in [-0.25, -0.2) is 9.98 Å². The first-order valence-corrected chi connectivity index (χ1v) is 8.69. The number of unbranched alkanes of at least 4 members (excludes halogenated alkanes) is 3. The van der Waals surface area contributed by atoms with Gasteiger partial charge >= 0.3 is 0 Å². The third-order valence-electron chi connectivity index (χ3n) is 2.99. The lowest BCUT2D eigenvalue weighted by Gasteiger charge is -2.10. The molecule has 0 amide bonds. The van der Waals surface area contributed by atoms with Gasteiger partial charge < -0.3 is 15.5 Å². The second kappa shape index (κ2) is 12.9. The highest BCUT2D eigenvalue weighted by Crippen LogP contribution is 2.18. The van der Waals surface area contributed by atoms with Gasteiger partial charge in [-0.3, -0.25) is 0 Å². The molecule has 0 aliphatic rings. The third kappa shape index (κ3) is 8.77. The lowest BCUT2D eigenvalue weighted by Crippen LogP contribution is -2.37. The standard InChI is InChI=1S/C15H29N5S.HI/c1-5-7-8-9-10-17-14(16-6-2)18-11-13-12-21-15(19-13)20(3)4;/h12H,5-11H2,1-4H3,(H2,16,17,18);1H. The Morgan fingerprint density at radius 2 is 2.00 bits per heavy atom. The Morgan fingerprint density at radius 3 is 2.59 bits per heavy atom. The van der Waals surface area contributed by atoms with Gasteiger partial charge in [-0.15, -0.1) is 35.3 Å². The largest absolute Gasteiger partial charge is 0.357 e. The Kier molecular flexibility index (Phi) is 12.6. The van der Waals surface area contributed by atoms with Crippen LogP contribution in [0.4, 0.5) is 5.13 Å². The Labute approximate surface area is 156 Å². The number of nitrogens with zero attached hydrogens (tertiary/aromatic N) is 3. The molecule has 0 atom stereocenters. The van der Waals surface area contributed by atoms with E-state index in [0.29, 0.717) is 6.54 Å². The van der Waals surface area contributed by atoms with Crippen LogP contribution >= 0.6 is 35.3 Å². The summed E-state index contributed by atoms with van der Waals surface area (Å²) in [6.45, 7) is 6.79. The first kappa shape index (κ1) is 21.4. The average Bonchev–Trinajstić information content (AvgIpc) is 2.93. The Balaban J connectivity index is 0.00000441. The Bertz CT molecular complexity index is 420. The van der Waals surface area contributed by atoms with Crippen LogP contribution in [-0.2, 0) is 6.54 Å². The highest BCUT2D eigenvalue weighted by atomic mass is 127. The van der Waals surface area contributed by atoms with Gasteiger partial charge in [0.05, 0.1) is 12.2 Å². The van der Waals surface area contributed by atoms with Crippen molar-refractivity contribution < 1.29 is 0 Å². The Morgan fingerprint density at radius 1 is 1.23 bits per heavy atom. The summed E-state index contributed by atoms with van der Waals surface area (Å²) in [5.41, 5.74) is 1.02. The summed E-state index contributed by atoms with van der Waals surface area (Å²) in [5.74, 6) is 0.883. The van der Waals surface area contributed by atoms with E-state index >= 15 is 0 Å². The van der Waals surface area contributed by atoms with E-state index in [1.165, 1.54) is 25.7 Å². The SMILES string of the molecule is CCCCCCNC(=NCc1csc(N(C)C)n1)NCC.I. The zero-order valence-corrected chi connectivity index (χ0v) is 17.3. The number of hydrogen-bond acceptors (Lipinski definition) is 4. The number of aromatic nitrogens is 1. The Hall–Kier alpha value is -0.570. The second-order valence-electron chi connectivity index (χ2n) is 5.20. The van der Waals surface area contributed by atoms with Crippen LogP contribution in [0.25, 0.3) is 0 Å². The van der Waals surface area contributed by atoms with Crippen molar-refractivity contribution in [3.05, 3.63) is 11.1 Å². The van der Waals surface area contributed by atoms with E-state index < -0.39 is 0 Å². The van der Waals surface area contributed by atoms with Crippen LogP contribution < -0.4 is 15.5 Å². The molecule has 0 saturated heterocycles. The zero-order chi connectivity index (χ0) is 15.5. The minimum absolute atomic E-state index is 0. The molecule has 7 heteroatoms. The zero-order valence-electron chi connectivity index (χ0n) is 14.2. The van der Waals surface area contributed by atoms with E-state index in [9.17, 15) is 0 Å². The van der Waals surface area contributed by atoms with Crippen LogP contribution in [0.1, 0.15) is 45.2 Å². The smallest absolute Gasteiger partial charge is 0.191 e. The number of halogens is 1. The fourth-order valence-corrected chi connectivity index (χ4v) is 2.58. The number of hydrogen-bond donors (Lipinski definition) is 2. The molecule has 0 aromatic carbocycles. The number of aliphatic imine (C=N–C) groups is 1. The van der Waals surface area contributed by atoms with Crippen molar-refractivity contribution in [2.75, 3.05) is 32.1 Å². The molecule has 0 unspecified atom stereocenters. The molecule has 0 aliphatic heterocycles. The molecule has 0 radical (unpaired) electrons. The maximum absolute atomic E-state index is 4.59. The molecule has 0 bridgehead atoms. The molecule has 0 spiro atoms. The molecule has 0 aliphatic carbocycles. The van der Waals surface area contributed by atoms with Crippen molar-refractivity contribution in [2.24, 2.45) is 4.99 Å². The van der Waals surface area contributed by atoms with Crippen molar-refractivity contribution in [3.8, 4) is 0 Å². The van der Waals surface area contributed by atoms with Gasteiger partial charge in [0.15, 0.2) is 11.1 Å². The lowest BCUT2D eigenvalue weighted by atomic mass is 10.2. The number of guanidine groups is 1. The number of thiazole rings is 1. The minimum atomic E-state index is 0. The summed E-state index contributed by atoms with van der Waals surface area (Å²) in [4.78, 5) is 11.2. The van der Waals surface area contributed by atoms with Crippen molar-refractivity contribution in [3.63, 3.8) is 0 Å². The fourth-order valence-electron chi connectivity index (χ4n) is 1.83. The number of nitrogens with one attached hydrogen (secondary N) is 2. The van der Waals surface area contributed by atoms with E-state index in [4.69, 9.17) is 0 Å². The molecule has 1 rings (SSSR count). The van der Waals surface area contributed by atoms with Crippen molar-refractivity contribution in [1.82, 2.24) is 15.6 Å². The van der Waals surface area contributed by atoms with Crippen LogP contribution in [0.3, 0.4) is 0 Å². The summed E-state index contributed by atoms with van der Waals surface area (Å²) in [6, 6.07) is 0. The maximum atomic E-state index is 4.59. The second-order valence-corrected chi connectivity index (χ2v) is 6.03. The molecule has 128 valence electrons. The predicted molar refractivity (Wildman–Crippen MR) is 109 cm³/mol. The molecule has 0 fully saturated rings. The van der Waals surface area contributed by atoms with Gasteiger partial charge in [0.1, 0.15) is 0 Å². The summed E-state index contributed by atoms with van der Waals surface area (Å²) >= 11 is 1.65. The summed E-state index contributed by atoms with van der Waals surface area (Å²) < 4.78 is 0. The lowest BCUT2D eigenvalue weighted by molar-refractivity contribution is 0.647. The molecule has 1 aromatic rings. The van der Waals surface area contributed by atoms with Gasteiger partial charge in [0, 0.05) is 32.6 Å². The van der Waals surface area contributed by atoms with Gasteiger partial charge in [-0.05, 0) is 13.3 Å². The van der Waals surface area contributed by atoms with Crippen LogP contribution in [-0.4, -0.2) is 38.1 Å². The highest BCUT2D eigenvalue weighted by Gasteiger charge is 2.03. The van der Waals surface area contributed by atoms with E-state index in [1.807, 2.05) is 19.0 Å². The monoisotopic (exact) mass is 439 g/mol. The van der Waals surface area contributed by atoms with Gasteiger partial charge in [-0.1, -0.05) is 26.2 Å². The molecule has 0 saturated carbocycles. The molecular weight excluding hydrogens is 409 g/mol. The molecule has 2 N–H and O–H groups in total. The maximum Gasteiger partial charge on any atom is 0.191 e. The van der Waals surface area contributed by atoms with Gasteiger partial charge in [0.2, 0.25) is 0 Å². The third-order valence-corrected chi connectivity index (χ3v) is 4.05. The van der Waals surface area contributed by atoms with Crippen LogP contribution in [0, 0.1) is 0 Å². The first-order chi connectivity index (χ1) is 10.2. The first-order valence-electron chi connectivity index (χ1n) is 7.81. The van der Waals surface area contributed by atoms with Crippen LogP contribution in [0.15, 0.2) is 10.4 Å². The summed E-state index contributed by atoms with van der Waals surface area (Å²) in [6.07, 6.45) is 5.05. The van der Waals surface area contributed by atoms with Crippen molar-refractivity contribution >= 4 is 46.4 Å². The normalized spacial score (nSPS) is 11.0. The van der Waals surface area contributed by atoms with Crippen LogP contribution in [0.5, 0.6) is 0 Å². The fraction of sp³-hybridized carbons (Fsp3) is 0.733. The number of anilines is 1. The molecule has 1 heterocycles. The molecule has 1 aromatic heterocycles. The van der Waals surface area contributed by atoms with Crippen LogP contribution in [0.2, 0.25) is 0 Å². The van der Waals surface area contributed by atoms with E-state index in [1.54, 1.807) is 11.3 Å². The van der Waals surface area contributed by atoms with E-state index in [0.717, 1.165) is 29.9 Å². The molecule has 22 heavy (non-hydrogen) atoms. The summed E-state index contributed by atoms with van der Waals surface area (Å²) in [5, 5.41) is 9.76. The van der Waals surface area contributed by atoms with Crippen molar-refractivity contribution in [1.29, 1.82) is 0 Å². The minimum Gasteiger partial charge on any atom is -0.357 e. The quantitative estimate of drug-likeness (QED) is 0.268. The predicted octanol–water partition coefficient (Wildman–Crippen LogP) is 3.46. The topological polar surface area (TPSA) is 52.6 Å². The van der Waals surface area contributed by atoms with E-state index in [2.05, 4.69) is 39.8 Å². The highest BCUT2D eigenvalue weighted by molar-refractivity contribution is 14.0. The summed E-state index contributed by atoms with van der Waals surface area (Å²) in [7, 11) is 4.02. The van der Waals surface area contributed by atoms with Crippen molar-refractivity contribution in [2.45, 2.75) is 46.1 Å². The van der Waals surface area contributed by atoms with E-state index in [-0.39, 0.29) is 24.0 Å². The van der Waals surface area contributed by atoms with Gasteiger partial charge in [-0.2, -0.15) is 0 Å². The van der Waals surface area contributed by atoms with Gasteiger partial charge in [0.25, 0.3) is 0 Å².